The van der Waals surface area contributed by atoms with Gasteiger partial charge >= 0.3 is 0 Å². The first kappa shape index (κ1) is 9.27. The van der Waals surface area contributed by atoms with Crippen LogP contribution in [0.4, 0.5) is 0 Å². The van der Waals surface area contributed by atoms with Gasteiger partial charge < -0.3 is 9.47 Å². The highest BCUT2D eigenvalue weighted by molar-refractivity contribution is 9.12. The molecule has 3 nitrogen and oxygen atoms in total. The third-order valence-corrected chi connectivity index (χ3v) is 2.24. The second-order valence-electron chi connectivity index (χ2n) is 2.80. The molecule has 1 heterocycles. The van der Waals surface area contributed by atoms with Crippen LogP contribution in [0.3, 0.4) is 0 Å². The molecular weight excluding hydrogens is 248 g/mol. The molecule has 0 bridgehead atoms. The molecule has 0 saturated carbocycles. The van der Waals surface area contributed by atoms with Crippen molar-refractivity contribution >= 4 is 21.7 Å². The lowest BCUT2D eigenvalue weighted by atomic mass is 10.1. The number of carbonyl (C=O) groups is 1. The van der Waals surface area contributed by atoms with E-state index in [0.29, 0.717) is 21.5 Å². The first-order valence-corrected chi connectivity index (χ1v) is 4.76. The van der Waals surface area contributed by atoms with Gasteiger partial charge in [0.25, 0.3) is 0 Å². The van der Waals surface area contributed by atoms with Crippen molar-refractivity contribution in [1.29, 1.82) is 0 Å². The summed E-state index contributed by atoms with van der Waals surface area (Å²) in [5.41, 5.74) is 0.538. The Morgan fingerprint density at radius 1 is 1.36 bits per heavy atom. The van der Waals surface area contributed by atoms with E-state index in [1.54, 1.807) is 18.2 Å². The third-order valence-electron chi connectivity index (χ3n) is 1.88. The first-order chi connectivity index (χ1) is 6.68. The summed E-state index contributed by atoms with van der Waals surface area (Å²) < 4.78 is 10.6. The van der Waals surface area contributed by atoms with E-state index in [1.807, 2.05) is 0 Å². The number of hydrogen-bond donors (Lipinski definition) is 0. The molecule has 1 aliphatic rings. The summed E-state index contributed by atoms with van der Waals surface area (Å²) in [4.78, 5) is 11.5. The topological polar surface area (TPSA) is 35.5 Å². The number of fused-ring (bicyclic) bond motifs is 1. The molecule has 0 atom stereocenters. The number of ketones is 1. The van der Waals surface area contributed by atoms with Crippen LogP contribution in [0.1, 0.15) is 10.4 Å². The Labute approximate surface area is 89.5 Å². The zero-order valence-electron chi connectivity index (χ0n) is 7.25. The summed E-state index contributed by atoms with van der Waals surface area (Å²) in [7, 11) is 0. The van der Waals surface area contributed by atoms with Crippen LogP contribution >= 0.6 is 15.9 Å². The quantitative estimate of drug-likeness (QED) is 0.601. The van der Waals surface area contributed by atoms with Crippen LogP contribution in [0.15, 0.2) is 29.3 Å². The number of rotatable bonds is 2. The molecule has 1 aromatic carbocycles. The number of halogens is 1. The normalized spacial score (nSPS) is 12.6. The molecule has 0 fully saturated rings. The fourth-order valence-corrected chi connectivity index (χ4v) is 1.42. The second kappa shape index (κ2) is 3.46. The third kappa shape index (κ3) is 1.53. The van der Waals surface area contributed by atoms with Crippen LogP contribution in [0.2, 0.25) is 0 Å². The lowest BCUT2D eigenvalue weighted by molar-refractivity contribution is 0.104. The highest BCUT2D eigenvalue weighted by Gasteiger charge is 2.16. The van der Waals surface area contributed by atoms with Crippen molar-refractivity contribution in [2.24, 2.45) is 0 Å². The summed E-state index contributed by atoms with van der Waals surface area (Å²) in [5.74, 6) is 1.12. The summed E-state index contributed by atoms with van der Waals surface area (Å²) in [6, 6.07) is 5.05. The van der Waals surface area contributed by atoms with E-state index < -0.39 is 0 Å². The van der Waals surface area contributed by atoms with Crippen molar-refractivity contribution in [1.82, 2.24) is 0 Å². The molecule has 1 aromatic rings. The van der Waals surface area contributed by atoms with Gasteiger partial charge in [0.15, 0.2) is 17.3 Å². The minimum atomic E-state index is -0.150. The fourth-order valence-electron chi connectivity index (χ4n) is 1.19. The lowest BCUT2D eigenvalue weighted by Gasteiger charge is -2.00. The zero-order valence-corrected chi connectivity index (χ0v) is 8.83. The van der Waals surface area contributed by atoms with E-state index in [2.05, 4.69) is 22.5 Å². The molecule has 0 amide bonds. The Morgan fingerprint density at radius 2 is 2.07 bits per heavy atom. The molecule has 72 valence electrons. The molecular formula is C10H7BrO3. The predicted octanol–water partition coefficient (Wildman–Crippen LogP) is 2.51. The van der Waals surface area contributed by atoms with Gasteiger partial charge in [0, 0.05) is 5.56 Å². The average molecular weight is 255 g/mol. The van der Waals surface area contributed by atoms with Gasteiger partial charge in [-0.25, -0.2) is 0 Å². The molecule has 2 rings (SSSR count). The number of benzene rings is 1. The molecule has 0 aliphatic carbocycles. The van der Waals surface area contributed by atoms with Gasteiger partial charge in [0.05, 0.1) is 4.48 Å². The van der Waals surface area contributed by atoms with Crippen LogP contribution in [0.25, 0.3) is 0 Å². The Hall–Kier alpha value is -1.29. The SMILES string of the molecule is C=C(Br)C(=O)c1ccc2c(c1)OCO2. The van der Waals surface area contributed by atoms with Gasteiger partial charge in [-0.3, -0.25) is 4.79 Å². The molecule has 0 unspecified atom stereocenters. The van der Waals surface area contributed by atoms with Crippen molar-refractivity contribution in [3.05, 3.63) is 34.8 Å². The minimum absolute atomic E-state index is 0.150. The molecule has 0 spiro atoms. The molecule has 0 N–H and O–H groups in total. The molecule has 4 heteroatoms. The number of allylic oxidation sites excluding steroid dienone is 1. The number of ether oxygens (including phenoxy) is 2. The summed E-state index contributed by atoms with van der Waals surface area (Å²) in [6.07, 6.45) is 0. The zero-order chi connectivity index (χ0) is 10.1. The van der Waals surface area contributed by atoms with Crippen molar-refractivity contribution in [3.63, 3.8) is 0 Å². The molecule has 0 saturated heterocycles. The standard InChI is InChI=1S/C10H7BrO3/c1-6(11)10(12)7-2-3-8-9(4-7)14-5-13-8/h2-4H,1,5H2. The van der Waals surface area contributed by atoms with E-state index in [4.69, 9.17) is 9.47 Å². The molecule has 0 aromatic heterocycles. The summed E-state index contributed by atoms with van der Waals surface area (Å²) in [6.45, 7) is 3.73. The predicted molar refractivity (Wildman–Crippen MR) is 55.0 cm³/mol. The Balaban J connectivity index is 2.38. The lowest BCUT2D eigenvalue weighted by Crippen LogP contribution is -1.97. The van der Waals surface area contributed by atoms with Crippen LogP contribution < -0.4 is 9.47 Å². The first-order valence-electron chi connectivity index (χ1n) is 3.97. The van der Waals surface area contributed by atoms with Crippen LogP contribution in [0.5, 0.6) is 11.5 Å². The second-order valence-corrected chi connectivity index (χ2v) is 3.76. The van der Waals surface area contributed by atoms with Gasteiger partial charge in [-0.2, -0.15) is 0 Å². The maximum Gasteiger partial charge on any atom is 0.231 e. The van der Waals surface area contributed by atoms with Gasteiger partial charge in [-0.15, -0.1) is 0 Å². The molecule has 1 aliphatic heterocycles. The maximum absolute atomic E-state index is 11.5. The fraction of sp³-hybridized carbons (Fsp3) is 0.100. The van der Waals surface area contributed by atoms with E-state index in [0.717, 1.165) is 0 Å². The highest BCUT2D eigenvalue weighted by Crippen LogP contribution is 2.33. The van der Waals surface area contributed by atoms with Crippen LogP contribution in [0, 0.1) is 0 Å². The summed E-state index contributed by atoms with van der Waals surface area (Å²) >= 11 is 3.04. The van der Waals surface area contributed by atoms with E-state index in [-0.39, 0.29) is 12.6 Å². The van der Waals surface area contributed by atoms with Crippen molar-refractivity contribution in [3.8, 4) is 11.5 Å². The number of carbonyl (C=O) groups excluding carboxylic acids is 1. The minimum Gasteiger partial charge on any atom is -0.454 e. The van der Waals surface area contributed by atoms with Gasteiger partial charge in [-0.1, -0.05) is 6.58 Å². The number of hydrogen-bond acceptors (Lipinski definition) is 3. The van der Waals surface area contributed by atoms with E-state index in [9.17, 15) is 4.79 Å². The van der Waals surface area contributed by atoms with Crippen molar-refractivity contribution in [2.75, 3.05) is 6.79 Å². The van der Waals surface area contributed by atoms with E-state index in [1.165, 1.54) is 0 Å². The largest absolute Gasteiger partial charge is 0.454 e. The monoisotopic (exact) mass is 254 g/mol. The van der Waals surface area contributed by atoms with Crippen molar-refractivity contribution < 1.29 is 14.3 Å². The van der Waals surface area contributed by atoms with Gasteiger partial charge in [0.1, 0.15) is 0 Å². The Morgan fingerprint density at radius 3 is 2.79 bits per heavy atom. The molecule has 0 radical (unpaired) electrons. The highest BCUT2D eigenvalue weighted by atomic mass is 79.9. The maximum atomic E-state index is 11.5. The molecule has 14 heavy (non-hydrogen) atoms. The van der Waals surface area contributed by atoms with Crippen LogP contribution in [-0.2, 0) is 0 Å². The summed E-state index contributed by atoms with van der Waals surface area (Å²) in [5, 5.41) is 0. The Kier molecular flexibility index (Phi) is 2.29. The van der Waals surface area contributed by atoms with Gasteiger partial charge in [-0.05, 0) is 34.1 Å². The smallest absolute Gasteiger partial charge is 0.231 e. The van der Waals surface area contributed by atoms with E-state index >= 15 is 0 Å². The van der Waals surface area contributed by atoms with Gasteiger partial charge in [0.2, 0.25) is 6.79 Å². The Bertz CT molecular complexity index is 412. The van der Waals surface area contributed by atoms with Crippen LogP contribution in [-0.4, -0.2) is 12.6 Å². The average Bonchev–Trinajstić information content (AvgIpc) is 2.62. The number of Topliss-reactive ketones (excluding diaryl/α,β-unsaturated/α-hetero) is 1. The van der Waals surface area contributed by atoms with Crippen molar-refractivity contribution in [2.45, 2.75) is 0 Å².